The molecule has 0 N–H and O–H groups in total. The van der Waals surface area contributed by atoms with Gasteiger partial charge in [0.2, 0.25) is 11.9 Å². The van der Waals surface area contributed by atoms with Crippen LogP contribution in [0.15, 0.2) is 59.8 Å². The number of rotatable bonds is 6. The summed E-state index contributed by atoms with van der Waals surface area (Å²) in [6, 6.07) is 16.6. The van der Waals surface area contributed by atoms with Gasteiger partial charge in [-0.25, -0.2) is 4.39 Å². The van der Waals surface area contributed by atoms with E-state index in [-0.39, 0.29) is 17.0 Å². The Hall–Kier alpha value is -3.11. The number of anilines is 2. The van der Waals surface area contributed by atoms with Crippen LogP contribution in [0.4, 0.5) is 16.0 Å². The van der Waals surface area contributed by atoms with Gasteiger partial charge in [0.1, 0.15) is 5.82 Å². The van der Waals surface area contributed by atoms with Crippen molar-refractivity contribution in [1.29, 1.82) is 0 Å². The van der Waals surface area contributed by atoms with Crippen LogP contribution in [0.2, 0.25) is 0 Å². The second-order valence-electron chi connectivity index (χ2n) is 8.61. The first-order chi connectivity index (χ1) is 17.1. The van der Waals surface area contributed by atoms with Gasteiger partial charge in [-0.05, 0) is 37.3 Å². The molecule has 0 radical (unpaired) electrons. The van der Waals surface area contributed by atoms with Crippen molar-refractivity contribution in [3.05, 3.63) is 60.4 Å². The van der Waals surface area contributed by atoms with Crippen LogP contribution in [-0.4, -0.2) is 83.3 Å². The van der Waals surface area contributed by atoms with Gasteiger partial charge in [-0.1, -0.05) is 36.0 Å². The van der Waals surface area contributed by atoms with Gasteiger partial charge in [0.15, 0.2) is 5.16 Å². The highest BCUT2D eigenvalue weighted by Crippen LogP contribution is 2.31. The number of benzene rings is 2. The maximum absolute atomic E-state index is 14.1. The van der Waals surface area contributed by atoms with Crippen molar-refractivity contribution < 1.29 is 13.9 Å². The SMILES string of the molecule is CC(Sc1nnc(N2CCOCC2)n1-c1cccc(F)c1)C(=O)N1CCN(c2ccccc2)CC1. The fraction of sp³-hybridized carbons (Fsp3) is 0.400. The monoisotopic (exact) mass is 496 g/mol. The standard InChI is InChI=1S/C25H29FN6O2S/c1-19(23(33)30-12-10-29(11-13-30)21-7-3-2-4-8-21)35-25-28-27-24(31-14-16-34-17-15-31)32(25)22-9-5-6-20(26)18-22/h2-9,18-19H,10-17H2,1H3. The number of amides is 1. The van der Waals surface area contributed by atoms with Crippen molar-refractivity contribution in [2.24, 2.45) is 0 Å². The lowest BCUT2D eigenvalue weighted by molar-refractivity contribution is -0.130. The van der Waals surface area contributed by atoms with Crippen LogP contribution in [0, 0.1) is 5.82 Å². The number of para-hydroxylation sites is 1. The van der Waals surface area contributed by atoms with E-state index in [1.807, 2.05) is 40.7 Å². The zero-order valence-corrected chi connectivity index (χ0v) is 20.5. The lowest BCUT2D eigenvalue weighted by Gasteiger charge is -2.37. The van der Waals surface area contributed by atoms with E-state index in [9.17, 15) is 9.18 Å². The number of nitrogens with zero attached hydrogens (tertiary/aromatic N) is 6. The molecule has 2 fully saturated rings. The molecule has 1 unspecified atom stereocenters. The summed E-state index contributed by atoms with van der Waals surface area (Å²) < 4.78 is 21.4. The lowest BCUT2D eigenvalue weighted by Crippen LogP contribution is -2.50. The zero-order valence-electron chi connectivity index (χ0n) is 19.7. The van der Waals surface area contributed by atoms with Gasteiger partial charge in [-0.15, -0.1) is 10.2 Å². The number of hydrogen-bond acceptors (Lipinski definition) is 7. The minimum absolute atomic E-state index is 0.0735. The topological polar surface area (TPSA) is 66.7 Å². The third-order valence-electron chi connectivity index (χ3n) is 6.32. The Morgan fingerprint density at radius 1 is 0.914 bits per heavy atom. The molecule has 0 spiro atoms. The average Bonchev–Trinajstić information content (AvgIpc) is 3.33. The van der Waals surface area contributed by atoms with Crippen LogP contribution in [-0.2, 0) is 9.53 Å². The number of carbonyl (C=O) groups is 1. The van der Waals surface area contributed by atoms with Crippen LogP contribution in [0.3, 0.4) is 0 Å². The van der Waals surface area contributed by atoms with E-state index in [2.05, 4.69) is 32.1 Å². The van der Waals surface area contributed by atoms with E-state index < -0.39 is 0 Å². The van der Waals surface area contributed by atoms with E-state index in [0.29, 0.717) is 56.2 Å². The summed E-state index contributed by atoms with van der Waals surface area (Å²) in [5.74, 6) is 0.377. The zero-order chi connectivity index (χ0) is 24.2. The van der Waals surface area contributed by atoms with E-state index >= 15 is 0 Å². The van der Waals surface area contributed by atoms with Crippen LogP contribution in [0.25, 0.3) is 5.69 Å². The average molecular weight is 497 g/mol. The molecule has 2 aliphatic heterocycles. The summed E-state index contributed by atoms with van der Waals surface area (Å²) in [5, 5.41) is 9.05. The van der Waals surface area contributed by atoms with E-state index in [0.717, 1.165) is 13.1 Å². The van der Waals surface area contributed by atoms with Gasteiger partial charge >= 0.3 is 0 Å². The maximum atomic E-state index is 14.1. The molecule has 10 heteroatoms. The number of ether oxygens (including phenoxy) is 1. The fourth-order valence-electron chi connectivity index (χ4n) is 4.44. The summed E-state index contributed by atoms with van der Waals surface area (Å²) in [6.45, 7) is 7.40. The van der Waals surface area contributed by atoms with Crippen LogP contribution < -0.4 is 9.80 Å². The first kappa shape index (κ1) is 23.6. The molecule has 0 saturated carbocycles. The second kappa shape index (κ2) is 10.7. The second-order valence-corrected chi connectivity index (χ2v) is 9.91. The van der Waals surface area contributed by atoms with Crippen molar-refractivity contribution >= 4 is 29.3 Å². The Morgan fingerprint density at radius 3 is 2.34 bits per heavy atom. The van der Waals surface area contributed by atoms with Crippen molar-refractivity contribution in [1.82, 2.24) is 19.7 Å². The number of halogens is 1. The van der Waals surface area contributed by atoms with Crippen LogP contribution in [0.5, 0.6) is 0 Å². The molecule has 3 heterocycles. The molecule has 3 aromatic rings. The largest absolute Gasteiger partial charge is 0.378 e. The van der Waals surface area contributed by atoms with E-state index in [4.69, 9.17) is 4.74 Å². The van der Waals surface area contributed by atoms with Crippen LogP contribution >= 0.6 is 11.8 Å². The van der Waals surface area contributed by atoms with Gasteiger partial charge in [0.25, 0.3) is 0 Å². The summed E-state index contributed by atoms with van der Waals surface area (Å²) in [5.41, 5.74) is 1.82. The van der Waals surface area contributed by atoms with Gasteiger partial charge in [0.05, 0.1) is 24.2 Å². The lowest BCUT2D eigenvalue weighted by atomic mass is 10.2. The molecule has 1 amide bonds. The number of morpholine rings is 1. The summed E-state index contributed by atoms with van der Waals surface area (Å²) in [4.78, 5) is 19.6. The quantitative estimate of drug-likeness (QED) is 0.486. The third-order valence-corrected chi connectivity index (χ3v) is 7.35. The Morgan fingerprint density at radius 2 is 1.63 bits per heavy atom. The first-order valence-electron chi connectivity index (χ1n) is 11.9. The molecular weight excluding hydrogens is 467 g/mol. The highest BCUT2D eigenvalue weighted by atomic mass is 32.2. The fourth-order valence-corrected chi connectivity index (χ4v) is 5.38. The van der Waals surface area contributed by atoms with Crippen LogP contribution in [0.1, 0.15) is 6.92 Å². The van der Waals surface area contributed by atoms with Gasteiger partial charge in [-0.2, -0.15) is 0 Å². The minimum atomic E-state index is -0.354. The highest BCUT2D eigenvalue weighted by molar-refractivity contribution is 8.00. The van der Waals surface area contributed by atoms with E-state index in [1.54, 1.807) is 6.07 Å². The van der Waals surface area contributed by atoms with Crippen molar-refractivity contribution in [3.63, 3.8) is 0 Å². The molecule has 2 aromatic carbocycles. The predicted molar refractivity (Wildman–Crippen MR) is 135 cm³/mol. The summed E-state index contributed by atoms with van der Waals surface area (Å²) >= 11 is 1.36. The Kier molecular flexibility index (Phi) is 7.19. The molecule has 1 atom stereocenters. The van der Waals surface area contributed by atoms with E-state index in [1.165, 1.54) is 29.6 Å². The van der Waals surface area contributed by atoms with Crippen molar-refractivity contribution in [2.45, 2.75) is 17.3 Å². The number of hydrogen-bond donors (Lipinski definition) is 0. The third kappa shape index (κ3) is 5.28. The molecule has 5 rings (SSSR count). The number of thioether (sulfide) groups is 1. The molecule has 2 saturated heterocycles. The first-order valence-corrected chi connectivity index (χ1v) is 12.8. The maximum Gasteiger partial charge on any atom is 0.236 e. The molecule has 2 aliphatic rings. The Labute approximate surface area is 208 Å². The number of aromatic nitrogens is 3. The summed E-state index contributed by atoms with van der Waals surface area (Å²) in [6.07, 6.45) is 0. The molecule has 184 valence electrons. The number of piperazine rings is 1. The predicted octanol–water partition coefficient (Wildman–Crippen LogP) is 3.07. The Balaban J connectivity index is 1.31. The Bertz CT molecular complexity index is 1150. The molecule has 0 bridgehead atoms. The number of carbonyl (C=O) groups excluding carboxylic acids is 1. The molecule has 8 nitrogen and oxygen atoms in total. The normalized spacial score (nSPS) is 17.5. The van der Waals surface area contributed by atoms with Gasteiger partial charge in [0, 0.05) is 45.0 Å². The molecule has 0 aliphatic carbocycles. The van der Waals surface area contributed by atoms with Gasteiger partial charge < -0.3 is 19.4 Å². The van der Waals surface area contributed by atoms with Gasteiger partial charge in [-0.3, -0.25) is 9.36 Å². The van der Waals surface area contributed by atoms with Crippen molar-refractivity contribution in [2.75, 3.05) is 62.3 Å². The summed E-state index contributed by atoms with van der Waals surface area (Å²) in [7, 11) is 0. The molecule has 1 aromatic heterocycles. The van der Waals surface area contributed by atoms with Crippen molar-refractivity contribution in [3.8, 4) is 5.69 Å². The molecule has 35 heavy (non-hydrogen) atoms. The smallest absolute Gasteiger partial charge is 0.236 e. The molecular formula is C25H29FN6O2S. The minimum Gasteiger partial charge on any atom is -0.378 e. The highest BCUT2D eigenvalue weighted by Gasteiger charge is 2.29.